The van der Waals surface area contributed by atoms with E-state index in [1.54, 1.807) is 24.1 Å². The van der Waals surface area contributed by atoms with Gasteiger partial charge in [0.25, 0.3) is 0 Å². The molecule has 30 heavy (non-hydrogen) atoms. The minimum Gasteiger partial charge on any atom is -0.497 e. The summed E-state index contributed by atoms with van der Waals surface area (Å²) in [5, 5.41) is 0.769. The summed E-state index contributed by atoms with van der Waals surface area (Å²) in [7, 11) is 1.63. The van der Waals surface area contributed by atoms with Gasteiger partial charge in [0.15, 0.2) is 5.78 Å². The van der Waals surface area contributed by atoms with Crippen molar-refractivity contribution >= 4 is 33.7 Å². The first-order chi connectivity index (χ1) is 14.5. The Labute approximate surface area is 179 Å². The van der Waals surface area contributed by atoms with Crippen molar-refractivity contribution in [1.82, 2.24) is 0 Å². The Hall–Kier alpha value is -3.25. The van der Waals surface area contributed by atoms with Crippen LogP contribution in [0.4, 0.5) is 5.00 Å². The van der Waals surface area contributed by atoms with Gasteiger partial charge in [-0.2, -0.15) is 0 Å². The molecule has 0 radical (unpaired) electrons. The molecule has 1 aromatic heterocycles. The smallest absolute Gasteiger partial charge is 0.249 e. The van der Waals surface area contributed by atoms with Crippen LogP contribution in [0.3, 0.4) is 0 Å². The number of aliphatic imine (C=N–C) groups is 1. The molecule has 4 rings (SSSR count). The minimum atomic E-state index is -0.179. The Morgan fingerprint density at radius 1 is 1.10 bits per heavy atom. The highest BCUT2D eigenvalue weighted by molar-refractivity contribution is 7.16. The number of rotatable bonds is 5. The van der Waals surface area contributed by atoms with E-state index >= 15 is 0 Å². The van der Waals surface area contributed by atoms with Crippen molar-refractivity contribution in [2.24, 2.45) is 4.99 Å². The number of carbonyl (C=O) groups is 2. The molecule has 2 heterocycles. The van der Waals surface area contributed by atoms with Gasteiger partial charge in [0.05, 0.1) is 19.4 Å². The molecule has 152 valence electrons. The molecule has 0 spiro atoms. The monoisotopic (exact) mass is 418 g/mol. The number of methoxy groups -OCH3 is 1. The molecule has 2 aromatic carbocycles. The predicted octanol–water partition coefficient (Wildman–Crippen LogP) is 4.44. The van der Waals surface area contributed by atoms with Crippen molar-refractivity contribution in [2.75, 3.05) is 25.1 Å². The van der Waals surface area contributed by atoms with Crippen LogP contribution in [0.5, 0.6) is 5.75 Å². The van der Waals surface area contributed by atoms with E-state index < -0.39 is 0 Å². The summed E-state index contributed by atoms with van der Waals surface area (Å²) in [5.74, 6) is 0.492. The van der Waals surface area contributed by atoms with Crippen molar-refractivity contribution in [3.05, 3.63) is 81.7 Å². The number of benzene rings is 2. The highest BCUT2D eigenvalue weighted by Gasteiger charge is 2.29. The van der Waals surface area contributed by atoms with Gasteiger partial charge in [-0.1, -0.05) is 29.8 Å². The predicted molar refractivity (Wildman–Crippen MR) is 120 cm³/mol. The van der Waals surface area contributed by atoms with E-state index in [9.17, 15) is 9.59 Å². The number of ether oxygens (including phenoxy) is 1. The number of anilines is 1. The molecule has 5 nitrogen and oxygen atoms in total. The fourth-order valence-corrected chi connectivity index (χ4v) is 4.46. The molecule has 0 saturated carbocycles. The summed E-state index contributed by atoms with van der Waals surface area (Å²) >= 11 is 1.51. The first-order valence-electron chi connectivity index (χ1n) is 9.66. The molecule has 0 fully saturated rings. The SMILES string of the molecule is COc1ccc(C2=NCC(=O)N(CC(=O)c3ccc(C)cc3)c3sc(C)cc32)cc1. The number of hydrogen-bond acceptors (Lipinski definition) is 5. The zero-order valence-corrected chi connectivity index (χ0v) is 18.0. The van der Waals surface area contributed by atoms with Gasteiger partial charge in [-0.25, -0.2) is 0 Å². The molecule has 6 heteroatoms. The van der Waals surface area contributed by atoms with Crippen molar-refractivity contribution in [1.29, 1.82) is 0 Å². The molecule has 1 aliphatic rings. The van der Waals surface area contributed by atoms with Gasteiger partial charge < -0.3 is 4.74 Å². The first-order valence-corrected chi connectivity index (χ1v) is 10.5. The van der Waals surface area contributed by atoms with Gasteiger partial charge in [0.2, 0.25) is 5.91 Å². The van der Waals surface area contributed by atoms with Crippen LogP contribution in [0, 0.1) is 13.8 Å². The third kappa shape index (κ3) is 3.91. The molecule has 3 aromatic rings. The van der Waals surface area contributed by atoms with Crippen molar-refractivity contribution in [3.8, 4) is 5.75 Å². The van der Waals surface area contributed by atoms with Crippen LogP contribution in [0.15, 0.2) is 59.6 Å². The number of nitrogens with zero attached hydrogens (tertiary/aromatic N) is 2. The van der Waals surface area contributed by atoms with Crippen molar-refractivity contribution < 1.29 is 14.3 Å². The molecule has 0 N–H and O–H groups in total. The van der Waals surface area contributed by atoms with Crippen LogP contribution < -0.4 is 9.64 Å². The molecule has 0 bridgehead atoms. The van der Waals surface area contributed by atoms with Gasteiger partial charge in [-0.15, -0.1) is 11.3 Å². The van der Waals surface area contributed by atoms with Crippen LogP contribution in [-0.4, -0.2) is 37.6 Å². The maximum Gasteiger partial charge on any atom is 0.249 e. The summed E-state index contributed by atoms with van der Waals surface area (Å²) in [4.78, 5) is 33.1. The number of carbonyl (C=O) groups excluding carboxylic acids is 2. The second-order valence-corrected chi connectivity index (χ2v) is 8.47. The Bertz CT molecular complexity index is 1130. The van der Waals surface area contributed by atoms with Gasteiger partial charge >= 0.3 is 0 Å². The van der Waals surface area contributed by atoms with Crippen LogP contribution in [0.1, 0.15) is 31.9 Å². The Kier molecular flexibility index (Phi) is 5.50. The highest BCUT2D eigenvalue weighted by atomic mass is 32.1. The average Bonchev–Trinajstić information content (AvgIpc) is 3.08. The lowest BCUT2D eigenvalue weighted by Gasteiger charge is -2.19. The van der Waals surface area contributed by atoms with E-state index in [1.165, 1.54) is 11.3 Å². The number of fused-ring (bicyclic) bond motifs is 1. The van der Waals surface area contributed by atoms with Crippen LogP contribution >= 0.6 is 11.3 Å². The molecular weight excluding hydrogens is 396 g/mol. The van der Waals surface area contributed by atoms with Gasteiger partial charge in [-0.05, 0) is 44.2 Å². The Morgan fingerprint density at radius 2 is 1.80 bits per heavy atom. The number of amides is 1. The lowest BCUT2D eigenvalue weighted by molar-refractivity contribution is -0.117. The zero-order valence-electron chi connectivity index (χ0n) is 17.1. The molecule has 0 unspecified atom stereocenters. The Balaban J connectivity index is 1.69. The normalized spacial score (nSPS) is 13.5. The number of thiophene rings is 1. The van der Waals surface area contributed by atoms with Gasteiger partial charge in [0, 0.05) is 21.6 Å². The molecule has 1 aliphatic heterocycles. The first kappa shape index (κ1) is 20.0. The quantitative estimate of drug-likeness (QED) is 0.576. The van der Waals surface area contributed by atoms with E-state index in [0.717, 1.165) is 38.0 Å². The maximum atomic E-state index is 12.9. The maximum absolute atomic E-state index is 12.9. The lowest BCUT2D eigenvalue weighted by atomic mass is 10.0. The topological polar surface area (TPSA) is 59.0 Å². The molecule has 0 aliphatic carbocycles. The van der Waals surface area contributed by atoms with Crippen molar-refractivity contribution in [2.45, 2.75) is 13.8 Å². The summed E-state index contributed by atoms with van der Waals surface area (Å²) in [6, 6.07) is 17.1. The van der Waals surface area contributed by atoms with E-state index in [4.69, 9.17) is 4.74 Å². The van der Waals surface area contributed by atoms with Crippen LogP contribution in [-0.2, 0) is 4.79 Å². The third-order valence-corrected chi connectivity index (χ3v) is 6.12. The lowest BCUT2D eigenvalue weighted by Crippen LogP contribution is -2.36. The standard InChI is InChI=1S/C24H22N2O3S/c1-15-4-6-17(7-5-15)21(27)14-26-22(28)13-25-23(20-12-16(2)30-24(20)26)18-8-10-19(29-3)11-9-18/h4-12H,13-14H2,1-3H3. The summed E-state index contributed by atoms with van der Waals surface area (Å²) in [6.07, 6.45) is 0. The molecule has 1 amide bonds. The molecule has 0 saturated heterocycles. The molecule has 0 atom stereocenters. The number of Topliss-reactive ketones (excluding diaryl/α,β-unsaturated/α-hetero) is 1. The molecular formula is C24H22N2O3S. The number of aryl methyl sites for hydroxylation is 2. The summed E-state index contributed by atoms with van der Waals surface area (Å²) in [5.41, 5.74) is 4.24. The van der Waals surface area contributed by atoms with E-state index in [2.05, 4.69) is 4.99 Å². The third-order valence-electron chi connectivity index (χ3n) is 5.05. The Morgan fingerprint density at radius 3 is 2.47 bits per heavy atom. The number of ketones is 1. The number of hydrogen-bond donors (Lipinski definition) is 0. The van der Waals surface area contributed by atoms with Crippen molar-refractivity contribution in [3.63, 3.8) is 0 Å². The largest absolute Gasteiger partial charge is 0.497 e. The van der Waals surface area contributed by atoms with E-state index in [1.807, 2.05) is 56.3 Å². The fraction of sp³-hybridized carbons (Fsp3) is 0.208. The van der Waals surface area contributed by atoms with E-state index in [-0.39, 0.29) is 24.8 Å². The van der Waals surface area contributed by atoms with Crippen LogP contribution in [0.2, 0.25) is 0 Å². The highest BCUT2D eigenvalue weighted by Crippen LogP contribution is 2.35. The van der Waals surface area contributed by atoms with E-state index in [0.29, 0.717) is 5.56 Å². The average molecular weight is 419 g/mol. The second kappa shape index (κ2) is 8.24. The summed E-state index contributed by atoms with van der Waals surface area (Å²) in [6.45, 7) is 3.98. The van der Waals surface area contributed by atoms with Crippen LogP contribution in [0.25, 0.3) is 0 Å². The zero-order chi connectivity index (χ0) is 21.3. The van der Waals surface area contributed by atoms with Gasteiger partial charge in [-0.3, -0.25) is 19.5 Å². The second-order valence-electron chi connectivity index (χ2n) is 7.24. The fourth-order valence-electron chi connectivity index (χ4n) is 3.43. The summed E-state index contributed by atoms with van der Waals surface area (Å²) < 4.78 is 5.24. The minimum absolute atomic E-state index is 0.000258. The van der Waals surface area contributed by atoms with Gasteiger partial charge in [0.1, 0.15) is 17.3 Å².